The molecule has 0 bridgehead atoms. The van der Waals surface area contributed by atoms with Crippen molar-refractivity contribution in [3.63, 3.8) is 0 Å². The van der Waals surface area contributed by atoms with E-state index in [0.29, 0.717) is 10.6 Å². The zero-order chi connectivity index (χ0) is 17.1. The van der Waals surface area contributed by atoms with Crippen LogP contribution in [0, 0.1) is 5.41 Å². The number of benzene rings is 1. The maximum absolute atomic E-state index is 12.3. The first kappa shape index (κ1) is 18.5. The second kappa shape index (κ2) is 6.69. The van der Waals surface area contributed by atoms with Crippen molar-refractivity contribution in [1.29, 1.82) is 0 Å². The van der Waals surface area contributed by atoms with Crippen LogP contribution in [0.4, 0.5) is 0 Å². The molecule has 0 radical (unpaired) electrons. The molecule has 1 unspecified atom stereocenters. The van der Waals surface area contributed by atoms with E-state index in [2.05, 4.69) is 0 Å². The van der Waals surface area contributed by atoms with Crippen LogP contribution >= 0.6 is 11.6 Å². The van der Waals surface area contributed by atoms with Crippen molar-refractivity contribution in [2.75, 3.05) is 0 Å². The van der Waals surface area contributed by atoms with Crippen LogP contribution < -0.4 is 0 Å². The molecule has 0 saturated carbocycles. The topological polar surface area (TPSA) is 63.6 Å². The molecule has 0 aliphatic carbocycles. The van der Waals surface area contributed by atoms with Gasteiger partial charge in [-0.25, -0.2) is 0 Å². The Morgan fingerprint density at radius 1 is 1.14 bits per heavy atom. The van der Waals surface area contributed by atoms with Gasteiger partial charge in [0.25, 0.3) is 0 Å². The Morgan fingerprint density at radius 2 is 1.64 bits per heavy atom. The molecule has 1 aromatic rings. The third-order valence-electron chi connectivity index (χ3n) is 3.24. The molecule has 1 aromatic carbocycles. The molecule has 4 nitrogen and oxygen atoms in total. The van der Waals surface area contributed by atoms with Gasteiger partial charge in [-0.05, 0) is 58.7 Å². The lowest BCUT2D eigenvalue weighted by Crippen LogP contribution is -2.35. The van der Waals surface area contributed by atoms with E-state index in [-0.39, 0.29) is 6.42 Å². The van der Waals surface area contributed by atoms with E-state index in [4.69, 9.17) is 16.3 Å². The summed E-state index contributed by atoms with van der Waals surface area (Å²) in [6, 6.07) is 6.64. The molecular weight excluding hydrogens is 304 g/mol. The minimum Gasteiger partial charge on any atom is -0.481 e. The minimum absolute atomic E-state index is 0.152. The zero-order valence-electron chi connectivity index (χ0n) is 13.6. The Kier molecular flexibility index (Phi) is 5.63. The van der Waals surface area contributed by atoms with Crippen LogP contribution in [0.5, 0.6) is 0 Å². The minimum atomic E-state index is -0.973. The molecule has 0 fully saturated rings. The second-order valence-electron chi connectivity index (χ2n) is 7.03. The fourth-order valence-electron chi connectivity index (χ4n) is 2.05. The van der Waals surface area contributed by atoms with Crippen LogP contribution in [0.15, 0.2) is 24.3 Å². The Morgan fingerprint density at radius 3 is 2.05 bits per heavy atom. The molecule has 1 N–H and O–H groups in total. The second-order valence-corrected chi connectivity index (χ2v) is 7.47. The first-order valence-corrected chi connectivity index (χ1v) is 7.52. The maximum Gasteiger partial charge on any atom is 0.312 e. The van der Waals surface area contributed by atoms with Crippen molar-refractivity contribution in [1.82, 2.24) is 0 Å². The summed E-state index contributed by atoms with van der Waals surface area (Å²) in [6.45, 7) is 8.76. The molecule has 1 atom stereocenters. The molecule has 1 rings (SSSR count). The van der Waals surface area contributed by atoms with Crippen LogP contribution in [-0.2, 0) is 14.3 Å². The number of esters is 1. The van der Waals surface area contributed by atoms with E-state index >= 15 is 0 Å². The van der Waals surface area contributed by atoms with E-state index in [1.165, 1.54) is 0 Å². The summed E-state index contributed by atoms with van der Waals surface area (Å²) >= 11 is 5.83. The van der Waals surface area contributed by atoms with Gasteiger partial charge in [0.1, 0.15) is 5.60 Å². The number of halogens is 1. The fourth-order valence-corrected chi connectivity index (χ4v) is 2.18. The molecule has 0 aromatic heterocycles. The van der Waals surface area contributed by atoms with Crippen LogP contribution in [0.3, 0.4) is 0 Å². The van der Waals surface area contributed by atoms with Crippen molar-refractivity contribution in [2.45, 2.75) is 52.6 Å². The molecule has 0 aliphatic rings. The Hall–Kier alpha value is -1.55. The van der Waals surface area contributed by atoms with Crippen molar-refractivity contribution in [3.8, 4) is 0 Å². The highest BCUT2D eigenvalue weighted by molar-refractivity contribution is 6.30. The molecule has 122 valence electrons. The van der Waals surface area contributed by atoms with Gasteiger partial charge >= 0.3 is 11.9 Å². The first-order valence-electron chi connectivity index (χ1n) is 7.14. The average molecular weight is 327 g/mol. The number of carbonyl (C=O) groups is 2. The van der Waals surface area contributed by atoms with Crippen molar-refractivity contribution >= 4 is 23.5 Å². The number of ether oxygens (including phenoxy) is 1. The summed E-state index contributed by atoms with van der Waals surface area (Å²) in [6.07, 6.45) is 0.152. The summed E-state index contributed by atoms with van der Waals surface area (Å²) in [5.74, 6) is -2.17. The number of carboxylic acid groups (broad SMARTS) is 1. The first-order chi connectivity index (χ1) is 9.92. The van der Waals surface area contributed by atoms with Gasteiger partial charge in [-0.15, -0.1) is 0 Å². The lowest BCUT2D eigenvalue weighted by Gasteiger charge is -2.30. The van der Waals surface area contributed by atoms with E-state index in [9.17, 15) is 14.7 Å². The predicted molar refractivity (Wildman–Crippen MR) is 86.1 cm³/mol. The van der Waals surface area contributed by atoms with Crippen molar-refractivity contribution in [3.05, 3.63) is 34.9 Å². The average Bonchev–Trinajstić information content (AvgIpc) is 2.35. The number of aliphatic carboxylic acids is 1. The van der Waals surface area contributed by atoms with Crippen LogP contribution in [0.25, 0.3) is 0 Å². The van der Waals surface area contributed by atoms with Gasteiger partial charge < -0.3 is 9.84 Å². The molecule has 0 saturated heterocycles. The number of hydrogen-bond donors (Lipinski definition) is 1. The van der Waals surface area contributed by atoms with Gasteiger partial charge in [0.2, 0.25) is 0 Å². The molecule has 0 amide bonds. The lowest BCUT2D eigenvalue weighted by atomic mass is 9.80. The summed E-state index contributed by atoms with van der Waals surface area (Å²) in [4.78, 5) is 23.9. The third-order valence-corrected chi connectivity index (χ3v) is 3.49. The van der Waals surface area contributed by atoms with Gasteiger partial charge in [-0.2, -0.15) is 0 Å². The molecule has 5 heteroatoms. The Labute approximate surface area is 136 Å². The third kappa shape index (κ3) is 5.34. The van der Waals surface area contributed by atoms with Gasteiger partial charge in [-0.1, -0.05) is 23.7 Å². The SMILES string of the molecule is CC(C)(C)OC(=O)C(C)(C)CC(C(=O)O)c1ccc(Cl)cc1. The quantitative estimate of drug-likeness (QED) is 0.821. The fraction of sp³-hybridized carbons (Fsp3) is 0.529. The molecule has 22 heavy (non-hydrogen) atoms. The number of rotatable bonds is 5. The largest absolute Gasteiger partial charge is 0.481 e. The monoisotopic (exact) mass is 326 g/mol. The van der Waals surface area contributed by atoms with Crippen molar-refractivity contribution in [2.24, 2.45) is 5.41 Å². The highest BCUT2D eigenvalue weighted by Crippen LogP contribution is 2.34. The van der Waals surface area contributed by atoms with Gasteiger partial charge in [-0.3, -0.25) is 9.59 Å². The van der Waals surface area contributed by atoms with Crippen LogP contribution in [0.1, 0.15) is 52.5 Å². The molecule has 0 heterocycles. The normalized spacial score (nSPS) is 13.5. The standard InChI is InChI=1S/C17H23ClO4/c1-16(2,3)22-15(21)17(4,5)10-13(14(19)20)11-6-8-12(18)9-7-11/h6-9,13H,10H2,1-5H3,(H,19,20). The van der Waals surface area contributed by atoms with E-state index < -0.39 is 28.9 Å². The predicted octanol–water partition coefficient (Wildman–Crippen LogP) is 4.27. The van der Waals surface area contributed by atoms with E-state index in [1.807, 2.05) is 0 Å². The van der Waals surface area contributed by atoms with E-state index in [0.717, 1.165) is 0 Å². The summed E-state index contributed by atoms with van der Waals surface area (Å²) in [5, 5.41) is 10.0. The highest BCUT2D eigenvalue weighted by Gasteiger charge is 2.37. The molecule has 0 spiro atoms. The van der Waals surface area contributed by atoms with Crippen LogP contribution in [0.2, 0.25) is 5.02 Å². The Bertz CT molecular complexity index is 541. The number of hydrogen-bond acceptors (Lipinski definition) is 3. The highest BCUT2D eigenvalue weighted by atomic mass is 35.5. The molecule has 0 aliphatic heterocycles. The summed E-state index contributed by atoms with van der Waals surface area (Å²) < 4.78 is 5.39. The van der Waals surface area contributed by atoms with Gasteiger partial charge in [0, 0.05) is 5.02 Å². The molecular formula is C17H23ClO4. The summed E-state index contributed by atoms with van der Waals surface area (Å²) in [7, 11) is 0. The summed E-state index contributed by atoms with van der Waals surface area (Å²) in [5.41, 5.74) is -0.892. The zero-order valence-corrected chi connectivity index (χ0v) is 14.4. The van der Waals surface area contributed by atoms with E-state index in [1.54, 1.807) is 58.9 Å². The van der Waals surface area contributed by atoms with Gasteiger partial charge in [0.05, 0.1) is 11.3 Å². The Balaban J connectivity index is 2.97. The lowest BCUT2D eigenvalue weighted by molar-refractivity contribution is -0.166. The number of carboxylic acids is 1. The van der Waals surface area contributed by atoms with Crippen LogP contribution in [-0.4, -0.2) is 22.6 Å². The smallest absolute Gasteiger partial charge is 0.312 e. The number of carbonyl (C=O) groups excluding carboxylic acids is 1. The maximum atomic E-state index is 12.3. The van der Waals surface area contributed by atoms with Gasteiger partial charge in [0.15, 0.2) is 0 Å². The van der Waals surface area contributed by atoms with Crippen molar-refractivity contribution < 1.29 is 19.4 Å².